The molecule has 0 N–H and O–H groups in total. The third kappa shape index (κ3) is 3.81. The Balaban J connectivity index is 2.69. The van der Waals surface area contributed by atoms with E-state index in [0.29, 0.717) is 0 Å². The van der Waals surface area contributed by atoms with Crippen molar-refractivity contribution in [1.29, 1.82) is 0 Å². The summed E-state index contributed by atoms with van der Waals surface area (Å²) in [6, 6.07) is 5.69. The Morgan fingerprint density at radius 2 is 2.21 bits per heavy atom. The molecule has 0 fully saturated rings. The highest BCUT2D eigenvalue weighted by Crippen LogP contribution is 2.05. The number of rotatable bonds is 3. The van der Waals surface area contributed by atoms with Gasteiger partial charge in [0.25, 0.3) is 0 Å². The number of nitrogens with zero attached hydrogens (tertiary/aromatic N) is 2. The molecule has 0 aliphatic heterocycles. The first-order valence-electron chi connectivity index (χ1n) is 4.58. The summed E-state index contributed by atoms with van der Waals surface area (Å²) in [5.41, 5.74) is 0.946. The Labute approximate surface area is 84.7 Å². The van der Waals surface area contributed by atoms with Crippen LogP contribution in [0.5, 0.6) is 0 Å². The lowest BCUT2D eigenvalue weighted by Crippen LogP contribution is -1.83. The molecule has 0 saturated carbocycles. The minimum atomic E-state index is 0.745. The molecule has 0 bridgehead atoms. The van der Waals surface area contributed by atoms with Gasteiger partial charge in [0.1, 0.15) is 0 Å². The Kier molecular flexibility index (Phi) is 4.35. The van der Waals surface area contributed by atoms with Crippen LogP contribution >= 0.6 is 0 Å². The average molecular weight is 186 g/mol. The predicted octanol–water partition coefficient (Wildman–Crippen LogP) is 3.31. The molecule has 0 aliphatic carbocycles. The molecule has 0 atom stereocenters. The van der Waals surface area contributed by atoms with E-state index in [1.54, 1.807) is 6.20 Å². The van der Waals surface area contributed by atoms with E-state index in [9.17, 15) is 0 Å². The van der Waals surface area contributed by atoms with Crippen molar-refractivity contribution in [3.63, 3.8) is 0 Å². The maximum Gasteiger partial charge on any atom is 0.152 e. The highest BCUT2D eigenvalue weighted by Gasteiger charge is 1.87. The van der Waals surface area contributed by atoms with Gasteiger partial charge in [-0.3, -0.25) is 0 Å². The summed E-state index contributed by atoms with van der Waals surface area (Å²) in [5.74, 6) is 0.745. The summed E-state index contributed by atoms with van der Waals surface area (Å²) in [6.07, 6.45) is 9.60. The zero-order chi connectivity index (χ0) is 10.2. The van der Waals surface area contributed by atoms with E-state index >= 15 is 0 Å². The molecule has 0 aromatic carbocycles. The summed E-state index contributed by atoms with van der Waals surface area (Å²) >= 11 is 0. The van der Waals surface area contributed by atoms with Crippen LogP contribution in [0, 0.1) is 0 Å². The first-order chi connectivity index (χ1) is 6.83. The number of hydrogen-bond donors (Lipinski definition) is 0. The molecule has 2 nitrogen and oxygen atoms in total. The zero-order valence-electron chi connectivity index (χ0n) is 8.51. The highest BCUT2D eigenvalue weighted by atomic mass is 14.9. The fourth-order valence-corrected chi connectivity index (χ4v) is 0.944. The summed E-state index contributed by atoms with van der Waals surface area (Å²) < 4.78 is 0. The maximum atomic E-state index is 4.32. The second kappa shape index (κ2) is 5.86. The summed E-state index contributed by atoms with van der Waals surface area (Å²) in [5, 5.41) is 0. The van der Waals surface area contributed by atoms with Crippen molar-refractivity contribution < 1.29 is 0 Å². The molecule has 72 valence electrons. The van der Waals surface area contributed by atoms with Gasteiger partial charge in [0.05, 0.1) is 0 Å². The Bertz CT molecular complexity index is 348. The molecule has 1 aromatic rings. The number of aromatic nitrogens is 1. The second-order valence-corrected chi connectivity index (χ2v) is 2.83. The lowest BCUT2D eigenvalue weighted by Gasteiger charge is -1.92. The van der Waals surface area contributed by atoms with Gasteiger partial charge in [0.15, 0.2) is 5.82 Å². The van der Waals surface area contributed by atoms with Gasteiger partial charge in [0, 0.05) is 11.9 Å². The van der Waals surface area contributed by atoms with Crippen LogP contribution in [0.3, 0.4) is 0 Å². The molecule has 1 rings (SSSR count). The fraction of sp³-hybridized carbons (Fsp3) is 0.167. The van der Waals surface area contributed by atoms with Crippen LogP contribution in [0.1, 0.15) is 13.8 Å². The molecule has 2 heteroatoms. The van der Waals surface area contributed by atoms with Crippen molar-refractivity contribution in [2.24, 2.45) is 4.99 Å². The van der Waals surface area contributed by atoms with Gasteiger partial charge in [-0.2, -0.15) is 0 Å². The molecule has 1 heterocycles. The van der Waals surface area contributed by atoms with Gasteiger partial charge in [-0.25, -0.2) is 9.98 Å². The SMILES string of the molecule is C\C=C/C=C\C(C)=N\c1ccccn1. The van der Waals surface area contributed by atoms with E-state index in [4.69, 9.17) is 0 Å². The van der Waals surface area contributed by atoms with Crippen molar-refractivity contribution in [2.45, 2.75) is 13.8 Å². The number of aliphatic imine (C=N–C) groups is 1. The van der Waals surface area contributed by atoms with Crippen molar-refractivity contribution in [1.82, 2.24) is 4.98 Å². The van der Waals surface area contributed by atoms with Crippen molar-refractivity contribution in [3.8, 4) is 0 Å². The smallest absolute Gasteiger partial charge is 0.152 e. The van der Waals surface area contributed by atoms with Crippen LogP contribution in [0.25, 0.3) is 0 Å². The van der Waals surface area contributed by atoms with Crippen molar-refractivity contribution >= 4 is 11.5 Å². The standard InChI is InChI=1S/C12H14N2/c1-3-4-5-8-11(2)14-12-9-6-7-10-13-12/h3-10H,1-2H3/b4-3-,8-5-,14-11+. The fourth-order valence-electron chi connectivity index (χ4n) is 0.944. The molecule has 14 heavy (non-hydrogen) atoms. The van der Waals surface area contributed by atoms with E-state index in [2.05, 4.69) is 9.98 Å². The lowest BCUT2D eigenvalue weighted by molar-refractivity contribution is 1.27. The van der Waals surface area contributed by atoms with Crippen LogP contribution in [0.4, 0.5) is 5.82 Å². The van der Waals surface area contributed by atoms with Gasteiger partial charge in [-0.05, 0) is 32.1 Å². The predicted molar refractivity (Wildman–Crippen MR) is 61.0 cm³/mol. The number of allylic oxidation sites excluding steroid dienone is 4. The van der Waals surface area contributed by atoms with Gasteiger partial charge in [-0.15, -0.1) is 0 Å². The molecule has 0 unspecified atom stereocenters. The van der Waals surface area contributed by atoms with Crippen LogP contribution in [-0.4, -0.2) is 10.7 Å². The Morgan fingerprint density at radius 1 is 1.36 bits per heavy atom. The second-order valence-electron chi connectivity index (χ2n) is 2.83. The van der Waals surface area contributed by atoms with E-state index in [1.807, 2.05) is 56.4 Å². The highest BCUT2D eigenvalue weighted by molar-refractivity contribution is 5.94. The molecule has 1 aromatic heterocycles. The average Bonchev–Trinajstić information content (AvgIpc) is 2.20. The minimum Gasteiger partial charge on any atom is -0.237 e. The van der Waals surface area contributed by atoms with Gasteiger partial charge in [0.2, 0.25) is 0 Å². The van der Waals surface area contributed by atoms with Crippen molar-refractivity contribution in [3.05, 3.63) is 48.7 Å². The summed E-state index contributed by atoms with van der Waals surface area (Å²) in [7, 11) is 0. The first-order valence-corrected chi connectivity index (χ1v) is 4.58. The number of pyridine rings is 1. The molecule has 0 spiro atoms. The molecule has 0 saturated heterocycles. The molecule has 0 radical (unpaired) electrons. The zero-order valence-corrected chi connectivity index (χ0v) is 8.51. The van der Waals surface area contributed by atoms with E-state index in [-0.39, 0.29) is 0 Å². The van der Waals surface area contributed by atoms with Gasteiger partial charge < -0.3 is 0 Å². The largest absolute Gasteiger partial charge is 0.237 e. The summed E-state index contributed by atoms with van der Waals surface area (Å²) in [4.78, 5) is 8.42. The maximum absolute atomic E-state index is 4.32. The minimum absolute atomic E-state index is 0.745. The third-order valence-electron chi connectivity index (χ3n) is 1.58. The molecular weight excluding hydrogens is 172 g/mol. The van der Waals surface area contributed by atoms with Crippen LogP contribution < -0.4 is 0 Å². The van der Waals surface area contributed by atoms with Crippen LogP contribution in [0.15, 0.2) is 53.7 Å². The van der Waals surface area contributed by atoms with E-state index < -0.39 is 0 Å². The van der Waals surface area contributed by atoms with Gasteiger partial charge >= 0.3 is 0 Å². The van der Waals surface area contributed by atoms with Crippen LogP contribution in [-0.2, 0) is 0 Å². The summed E-state index contributed by atoms with van der Waals surface area (Å²) in [6.45, 7) is 3.93. The molecule has 0 aliphatic rings. The Hall–Kier alpha value is -1.70. The Morgan fingerprint density at radius 3 is 2.86 bits per heavy atom. The van der Waals surface area contributed by atoms with E-state index in [1.165, 1.54) is 0 Å². The third-order valence-corrected chi connectivity index (χ3v) is 1.58. The molecular formula is C12H14N2. The monoisotopic (exact) mass is 186 g/mol. The first kappa shape index (κ1) is 10.4. The lowest BCUT2D eigenvalue weighted by atomic mass is 10.3. The van der Waals surface area contributed by atoms with Crippen molar-refractivity contribution in [2.75, 3.05) is 0 Å². The quantitative estimate of drug-likeness (QED) is 0.525. The van der Waals surface area contributed by atoms with Gasteiger partial charge in [-0.1, -0.05) is 24.3 Å². The molecule has 0 amide bonds. The number of hydrogen-bond acceptors (Lipinski definition) is 2. The topological polar surface area (TPSA) is 25.2 Å². The normalized spacial score (nSPS) is 12.9. The van der Waals surface area contributed by atoms with Crippen LogP contribution in [0.2, 0.25) is 0 Å². The van der Waals surface area contributed by atoms with E-state index in [0.717, 1.165) is 11.5 Å².